The summed E-state index contributed by atoms with van der Waals surface area (Å²) in [4.78, 5) is 4.26. The van der Waals surface area contributed by atoms with Crippen LogP contribution in [0.2, 0.25) is 0 Å². The van der Waals surface area contributed by atoms with Crippen LogP contribution in [-0.2, 0) is 11.3 Å². The molecule has 0 bridgehead atoms. The molecule has 0 amide bonds. The predicted molar refractivity (Wildman–Crippen MR) is 65.8 cm³/mol. The first kappa shape index (κ1) is 11.2. The third-order valence-electron chi connectivity index (χ3n) is 3.98. The van der Waals surface area contributed by atoms with Gasteiger partial charge in [-0.3, -0.25) is 0 Å². The minimum Gasteiger partial charge on any atom is -0.381 e. The Hall–Kier alpha value is -0.870. The van der Waals surface area contributed by atoms with Gasteiger partial charge in [-0.1, -0.05) is 0 Å². The standard InChI is InChI=1S/C13H21N3O/c1-17-13-5-2-10(6-13)15-8-12-7-14-9-16(12)11-3-4-11/h7,9-11,13,15H,2-6,8H2,1H3. The summed E-state index contributed by atoms with van der Waals surface area (Å²) in [6, 6.07) is 1.34. The highest BCUT2D eigenvalue weighted by Crippen LogP contribution is 2.35. The number of aromatic nitrogens is 2. The van der Waals surface area contributed by atoms with E-state index in [-0.39, 0.29) is 0 Å². The first-order valence-corrected chi connectivity index (χ1v) is 6.63. The van der Waals surface area contributed by atoms with E-state index in [2.05, 4.69) is 14.9 Å². The number of nitrogens with zero attached hydrogens (tertiary/aromatic N) is 2. The van der Waals surface area contributed by atoms with Crippen LogP contribution in [0.5, 0.6) is 0 Å². The van der Waals surface area contributed by atoms with Gasteiger partial charge in [0.05, 0.1) is 18.1 Å². The Balaban J connectivity index is 1.52. The number of hydrogen-bond donors (Lipinski definition) is 1. The molecule has 1 heterocycles. The summed E-state index contributed by atoms with van der Waals surface area (Å²) < 4.78 is 7.72. The van der Waals surface area contributed by atoms with Crippen LogP contribution in [0, 0.1) is 0 Å². The van der Waals surface area contributed by atoms with Crippen molar-refractivity contribution in [2.75, 3.05) is 7.11 Å². The van der Waals surface area contributed by atoms with Gasteiger partial charge in [0.25, 0.3) is 0 Å². The molecule has 0 radical (unpaired) electrons. The van der Waals surface area contributed by atoms with Crippen LogP contribution in [0.15, 0.2) is 12.5 Å². The molecule has 94 valence electrons. The van der Waals surface area contributed by atoms with Gasteiger partial charge in [-0.2, -0.15) is 0 Å². The van der Waals surface area contributed by atoms with Gasteiger partial charge in [0.2, 0.25) is 0 Å². The van der Waals surface area contributed by atoms with E-state index in [1.54, 1.807) is 0 Å². The topological polar surface area (TPSA) is 39.1 Å². The molecule has 1 aromatic rings. The minimum atomic E-state index is 0.459. The van der Waals surface area contributed by atoms with Gasteiger partial charge < -0.3 is 14.6 Å². The molecule has 2 saturated carbocycles. The highest BCUT2D eigenvalue weighted by Gasteiger charge is 2.27. The Morgan fingerprint density at radius 1 is 1.41 bits per heavy atom. The highest BCUT2D eigenvalue weighted by atomic mass is 16.5. The summed E-state index contributed by atoms with van der Waals surface area (Å²) in [6.45, 7) is 0.942. The molecule has 0 aliphatic heterocycles. The molecule has 1 aromatic heterocycles. The van der Waals surface area contributed by atoms with Gasteiger partial charge in [-0.15, -0.1) is 0 Å². The van der Waals surface area contributed by atoms with Gasteiger partial charge in [0, 0.05) is 31.9 Å². The fourth-order valence-corrected chi connectivity index (χ4v) is 2.74. The summed E-state index contributed by atoms with van der Waals surface area (Å²) in [5.41, 5.74) is 1.33. The molecule has 2 fully saturated rings. The SMILES string of the molecule is COC1CCC(NCc2cncn2C2CC2)C1. The molecule has 17 heavy (non-hydrogen) atoms. The zero-order chi connectivity index (χ0) is 11.7. The van der Waals surface area contributed by atoms with Gasteiger partial charge >= 0.3 is 0 Å². The third-order valence-corrected chi connectivity index (χ3v) is 3.98. The third kappa shape index (κ3) is 2.53. The molecule has 3 rings (SSSR count). The van der Waals surface area contributed by atoms with Gasteiger partial charge in [-0.25, -0.2) is 4.98 Å². The van der Waals surface area contributed by atoms with E-state index < -0.39 is 0 Å². The number of rotatable bonds is 5. The number of methoxy groups -OCH3 is 1. The van der Waals surface area contributed by atoms with E-state index >= 15 is 0 Å². The molecular formula is C13H21N3O. The molecule has 2 aliphatic carbocycles. The first-order valence-electron chi connectivity index (χ1n) is 6.63. The van der Waals surface area contributed by atoms with Crippen molar-refractivity contribution in [3.63, 3.8) is 0 Å². The van der Waals surface area contributed by atoms with E-state index in [0.29, 0.717) is 12.1 Å². The van der Waals surface area contributed by atoms with Crippen molar-refractivity contribution in [3.05, 3.63) is 18.2 Å². The first-order chi connectivity index (χ1) is 8.36. The molecule has 4 nitrogen and oxygen atoms in total. The summed E-state index contributed by atoms with van der Waals surface area (Å²) in [7, 11) is 1.81. The van der Waals surface area contributed by atoms with E-state index in [0.717, 1.165) is 19.0 Å². The Kier molecular flexibility index (Phi) is 3.16. The van der Waals surface area contributed by atoms with Crippen molar-refractivity contribution >= 4 is 0 Å². The van der Waals surface area contributed by atoms with Crippen molar-refractivity contribution < 1.29 is 4.74 Å². The van der Waals surface area contributed by atoms with E-state index in [1.165, 1.54) is 31.4 Å². The lowest BCUT2D eigenvalue weighted by molar-refractivity contribution is 0.107. The monoisotopic (exact) mass is 235 g/mol. The predicted octanol–water partition coefficient (Wildman–Crippen LogP) is 1.88. The average molecular weight is 235 g/mol. The molecular weight excluding hydrogens is 214 g/mol. The quantitative estimate of drug-likeness (QED) is 0.847. The largest absolute Gasteiger partial charge is 0.381 e. The van der Waals surface area contributed by atoms with Crippen LogP contribution < -0.4 is 5.32 Å². The maximum absolute atomic E-state index is 5.39. The fraction of sp³-hybridized carbons (Fsp3) is 0.769. The van der Waals surface area contributed by atoms with Crippen molar-refractivity contribution in [3.8, 4) is 0 Å². The lowest BCUT2D eigenvalue weighted by Crippen LogP contribution is -2.27. The molecule has 0 aromatic carbocycles. The van der Waals surface area contributed by atoms with Crippen LogP contribution in [0.1, 0.15) is 43.8 Å². The minimum absolute atomic E-state index is 0.459. The number of imidazole rings is 1. The van der Waals surface area contributed by atoms with Crippen LogP contribution >= 0.6 is 0 Å². The smallest absolute Gasteiger partial charge is 0.0951 e. The van der Waals surface area contributed by atoms with E-state index in [9.17, 15) is 0 Å². The Morgan fingerprint density at radius 3 is 3.00 bits per heavy atom. The van der Waals surface area contributed by atoms with Crippen molar-refractivity contribution in [2.45, 2.75) is 56.8 Å². The van der Waals surface area contributed by atoms with Gasteiger partial charge in [-0.05, 0) is 32.1 Å². The number of ether oxygens (including phenoxy) is 1. The molecule has 4 heteroatoms. The zero-order valence-corrected chi connectivity index (χ0v) is 10.4. The Labute approximate surface area is 102 Å². The second-order valence-electron chi connectivity index (χ2n) is 5.27. The molecule has 2 unspecified atom stereocenters. The Bertz CT molecular complexity index is 372. The summed E-state index contributed by atoms with van der Waals surface area (Å²) in [5, 5.41) is 3.63. The lowest BCUT2D eigenvalue weighted by atomic mass is 10.2. The summed E-state index contributed by atoms with van der Waals surface area (Å²) in [5.74, 6) is 0. The van der Waals surface area contributed by atoms with E-state index in [1.807, 2.05) is 19.6 Å². The van der Waals surface area contributed by atoms with Crippen LogP contribution in [0.3, 0.4) is 0 Å². The van der Waals surface area contributed by atoms with E-state index in [4.69, 9.17) is 4.74 Å². The second-order valence-corrected chi connectivity index (χ2v) is 5.27. The number of nitrogens with one attached hydrogen (secondary N) is 1. The van der Waals surface area contributed by atoms with Gasteiger partial charge in [0.15, 0.2) is 0 Å². The maximum atomic E-state index is 5.39. The van der Waals surface area contributed by atoms with Gasteiger partial charge in [0.1, 0.15) is 0 Å². The van der Waals surface area contributed by atoms with Crippen LogP contribution in [0.25, 0.3) is 0 Å². The lowest BCUT2D eigenvalue weighted by Gasteiger charge is -2.13. The normalized spacial score (nSPS) is 28.8. The average Bonchev–Trinajstić information content (AvgIpc) is 2.93. The van der Waals surface area contributed by atoms with Crippen molar-refractivity contribution in [2.24, 2.45) is 0 Å². The fourth-order valence-electron chi connectivity index (χ4n) is 2.74. The van der Waals surface area contributed by atoms with Crippen LogP contribution in [0.4, 0.5) is 0 Å². The molecule has 1 N–H and O–H groups in total. The number of hydrogen-bond acceptors (Lipinski definition) is 3. The maximum Gasteiger partial charge on any atom is 0.0951 e. The Morgan fingerprint density at radius 2 is 2.29 bits per heavy atom. The van der Waals surface area contributed by atoms with Crippen molar-refractivity contribution in [1.82, 2.24) is 14.9 Å². The van der Waals surface area contributed by atoms with Crippen LogP contribution in [-0.4, -0.2) is 28.8 Å². The molecule has 0 saturated heterocycles. The molecule has 2 aliphatic rings. The summed E-state index contributed by atoms with van der Waals surface area (Å²) in [6.07, 6.45) is 10.6. The molecule has 2 atom stereocenters. The zero-order valence-electron chi connectivity index (χ0n) is 10.4. The van der Waals surface area contributed by atoms with Crippen molar-refractivity contribution in [1.29, 1.82) is 0 Å². The highest BCUT2D eigenvalue weighted by molar-refractivity contribution is 5.03. The molecule has 0 spiro atoms. The summed E-state index contributed by atoms with van der Waals surface area (Å²) >= 11 is 0. The second kappa shape index (κ2) is 4.78.